The van der Waals surface area contributed by atoms with Crippen LogP contribution in [0.25, 0.3) is 11.1 Å². The summed E-state index contributed by atoms with van der Waals surface area (Å²) in [5.41, 5.74) is 4.36. The Bertz CT molecular complexity index is 1160. The predicted octanol–water partition coefficient (Wildman–Crippen LogP) is 4.52. The van der Waals surface area contributed by atoms with Gasteiger partial charge in [0.25, 0.3) is 0 Å². The first-order valence-electron chi connectivity index (χ1n) is 11.5. The number of carbonyl (C=O) groups excluding carboxylic acids is 2. The Kier molecular flexibility index (Phi) is 7.51. The number of nitrogens with zero attached hydrogens (tertiary/aromatic N) is 1. The van der Waals surface area contributed by atoms with E-state index in [-0.39, 0.29) is 18.6 Å². The molecule has 1 aliphatic carbocycles. The number of likely N-dealkylation sites (N-methyl/N-ethyl adjacent to an activating group) is 1. The number of nitrogens with one attached hydrogen (secondary N) is 1. The number of carboxylic acids is 1. The van der Waals surface area contributed by atoms with Gasteiger partial charge in [-0.25, -0.2) is 4.79 Å². The molecule has 0 spiro atoms. The molecule has 1 heterocycles. The van der Waals surface area contributed by atoms with Crippen LogP contribution in [0.1, 0.15) is 35.3 Å². The molecule has 0 saturated heterocycles. The van der Waals surface area contributed by atoms with Gasteiger partial charge < -0.3 is 20.1 Å². The lowest BCUT2D eigenvalue weighted by Crippen LogP contribution is -2.51. The second-order valence-corrected chi connectivity index (χ2v) is 9.73. The van der Waals surface area contributed by atoms with Crippen LogP contribution in [0.15, 0.2) is 66.0 Å². The second kappa shape index (κ2) is 10.7. The average Bonchev–Trinajstić information content (AvgIpc) is 3.47. The van der Waals surface area contributed by atoms with Crippen LogP contribution in [-0.2, 0) is 20.7 Å². The van der Waals surface area contributed by atoms with Crippen molar-refractivity contribution in [3.63, 3.8) is 0 Å². The molecule has 8 heteroatoms. The highest BCUT2D eigenvalue weighted by Crippen LogP contribution is 2.44. The average molecular weight is 493 g/mol. The molecule has 2 unspecified atom stereocenters. The molecule has 0 aliphatic heterocycles. The Morgan fingerprint density at radius 1 is 1.03 bits per heavy atom. The van der Waals surface area contributed by atoms with Crippen molar-refractivity contribution in [1.29, 1.82) is 0 Å². The lowest BCUT2D eigenvalue weighted by molar-refractivity contribution is -0.142. The van der Waals surface area contributed by atoms with Gasteiger partial charge in [0, 0.05) is 30.3 Å². The quantitative estimate of drug-likeness (QED) is 0.458. The maximum atomic E-state index is 13.1. The molecule has 0 fully saturated rings. The Hall–Kier alpha value is -3.65. The number of rotatable bonds is 9. The normalized spacial score (nSPS) is 13.9. The Labute approximate surface area is 208 Å². The van der Waals surface area contributed by atoms with E-state index in [1.54, 1.807) is 18.4 Å². The van der Waals surface area contributed by atoms with E-state index in [9.17, 15) is 19.5 Å². The van der Waals surface area contributed by atoms with Gasteiger partial charge in [-0.2, -0.15) is 0 Å². The highest BCUT2D eigenvalue weighted by molar-refractivity contribution is 7.09. The van der Waals surface area contributed by atoms with Crippen molar-refractivity contribution in [3.8, 4) is 11.1 Å². The lowest BCUT2D eigenvalue weighted by Gasteiger charge is -2.28. The van der Waals surface area contributed by atoms with Crippen molar-refractivity contribution in [3.05, 3.63) is 82.0 Å². The summed E-state index contributed by atoms with van der Waals surface area (Å²) < 4.78 is 5.52. The Morgan fingerprint density at radius 2 is 1.66 bits per heavy atom. The molecule has 0 bridgehead atoms. The highest BCUT2D eigenvalue weighted by atomic mass is 32.1. The highest BCUT2D eigenvalue weighted by Gasteiger charge is 2.32. The number of carbonyl (C=O) groups is 3. The molecule has 4 rings (SSSR count). The van der Waals surface area contributed by atoms with Crippen molar-refractivity contribution in [2.24, 2.45) is 0 Å². The molecular weight excluding hydrogens is 464 g/mol. The van der Waals surface area contributed by atoms with Gasteiger partial charge in [-0.15, -0.1) is 11.3 Å². The first kappa shape index (κ1) is 24.5. The third-order valence-electron chi connectivity index (χ3n) is 6.40. The topological polar surface area (TPSA) is 95.9 Å². The van der Waals surface area contributed by atoms with E-state index >= 15 is 0 Å². The van der Waals surface area contributed by atoms with Crippen LogP contribution in [0, 0.1) is 0 Å². The van der Waals surface area contributed by atoms with E-state index in [0.717, 1.165) is 27.1 Å². The Balaban J connectivity index is 1.41. The second-order valence-electron chi connectivity index (χ2n) is 8.70. The van der Waals surface area contributed by atoms with Gasteiger partial charge in [0.2, 0.25) is 5.91 Å². The molecule has 1 aromatic heterocycles. The number of carboxylic acid groups (broad SMARTS) is 1. The molecule has 1 aliphatic rings. The zero-order valence-corrected chi connectivity index (χ0v) is 20.5. The number of ether oxygens (including phenoxy) is 1. The summed E-state index contributed by atoms with van der Waals surface area (Å²) in [4.78, 5) is 39.8. The van der Waals surface area contributed by atoms with Gasteiger partial charge >= 0.3 is 12.1 Å². The predicted molar refractivity (Wildman–Crippen MR) is 135 cm³/mol. The maximum absolute atomic E-state index is 13.1. The number of benzene rings is 2. The molecule has 0 saturated carbocycles. The standard InChI is InChI=1S/C27H28N2O5S/c1-17(14-18-8-7-13-35-18)29(2)26(32)24(15-25(30)31)28-27(33)34-16-23-21-11-5-3-9-19(21)20-10-4-6-12-22(20)23/h3-13,17,23-24H,14-16H2,1-2H3,(H,28,33)(H,30,31). The molecule has 182 valence electrons. The summed E-state index contributed by atoms with van der Waals surface area (Å²) in [6.45, 7) is 1.97. The number of hydrogen-bond donors (Lipinski definition) is 2. The number of alkyl carbamates (subject to hydrolysis) is 1. The number of hydrogen-bond acceptors (Lipinski definition) is 5. The third kappa shape index (κ3) is 5.54. The van der Waals surface area contributed by atoms with Crippen molar-refractivity contribution >= 4 is 29.3 Å². The maximum Gasteiger partial charge on any atom is 0.407 e. The summed E-state index contributed by atoms with van der Waals surface area (Å²) in [5.74, 6) is -1.78. The fourth-order valence-electron chi connectivity index (χ4n) is 4.48. The summed E-state index contributed by atoms with van der Waals surface area (Å²) in [5, 5.41) is 13.8. The van der Waals surface area contributed by atoms with Gasteiger partial charge in [-0.3, -0.25) is 9.59 Å². The molecule has 35 heavy (non-hydrogen) atoms. The van der Waals surface area contributed by atoms with Crippen molar-refractivity contribution in [1.82, 2.24) is 10.2 Å². The minimum Gasteiger partial charge on any atom is -0.481 e. The fraction of sp³-hybridized carbons (Fsp3) is 0.296. The van der Waals surface area contributed by atoms with Gasteiger partial charge in [0.05, 0.1) is 6.42 Å². The van der Waals surface area contributed by atoms with Crippen LogP contribution in [0.2, 0.25) is 0 Å². The first-order valence-corrected chi connectivity index (χ1v) is 12.4. The molecular formula is C27H28N2O5S. The minimum atomic E-state index is -1.22. The number of thiophene rings is 1. The van der Waals surface area contributed by atoms with Crippen molar-refractivity contribution < 1.29 is 24.2 Å². The zero-order valence-electron chi connectivity index (χ0n) is 19.6. The lowest BCUT2D eigenvalue weighted by atomic mass is 9.98. The number of fused-ring (bicyclic) bond motifs is 3. The molecule has 2 N–H and O–H groups in total. The van der Waals surface area contributed by atoms with Crippen LogP contribution in [0.5, 0.6) is 0 Å². The smallest absolute Gasteiger partial charge is 0.407 e. The largest absolute Gasteiger partial charge is 0.481 e. The fourth-order valence-corrected chi connectivity index (χ4v) is 5.30. The zero-order chi connectivity index (χ0) is 24.9. The van der Waals surface area contributed by atoms with Gasteiger partial charge in [0.1, 0.15) is 12.6 Å². The van der Waals surface area contributed by atoms with E-state index in [2.05, 4.69) is 5.32 Å². The van der Waals surface area contributed by atoms with E-state index in [1.807, 2.05) is 73.0 Å². The molecule has 2 aromatic carbocycles. The molecule has 2 amide bonds. The Morgan fingerprint density at radius 3 is 2.23 bits per heavy atom. The summed E-state index contributed by atoms with van der Waals surface area (Å²) >= 11 is 1.60. The molecule has 0 radical (unpaired) electrons. The van der Waals surface area contributed by atoms with E-state index in [4.69, 9.17) is 4.74 Å². The van der Waals surface area contributed by atoms with Crippen molar-refractivity contribution in [2.75, 3.05) is 13.7 Å². The van der Waals surface area contributed by atoms with Crippen LogP contribution >= 0.6 is 11.3 Å². The van der Waals surface area contributed by atoms with E-state index < -0.39 is 30.4 Å². The van der Waals surface area contributed by atoms with E-state index in [0.29, 0.717) is 6.42 Å². The van der Waals surface area contributed by atoms with Crippen molar-refractivity contribution in [2.45, 2.75) is 37.8 Å². The number of aliphatic carboxylic acids is 1. The first-order chi connectivity index (χ1) is 16.8. The van der Waals surface area contributed by atoms with Crippen LogP contribution < -0.4 is 5.32 Å². The summed E-state index contributed by atoms with van der Waals surface area (Å²) in [6.07, 6.45) is -0.699. The molecule has 7 nitrogen and oxygen atoms in total. The minimum absolute atomic E-state index is 0.0818. The van der Waals surface area contributed by atoms with Gasteiger partial charge in [-0.1, -0.05) is 54.6 Å². The SMILES string of the molecule is CC(Cc1cccs1)N(C)C(=O)C(CC(=O)O)NC(=O)OCC1c2ccccc2-c2ccccc21. The monoisotopic (exact) mass is 492 g/mol. The van der Waals surface area contributed by atoms with Gasteiger partial charge in [0.15, 0.2) is 0 Å². The van der Waals surface area contributed by atoms with Gasteiger partial charge in [-0.05, 0) is 40.6 Å². The molecule has 3 aromatic rings. The van der Waals surface area contributed by atoms with Crippen LogP contribution in [0.4, 0.5) is 4.79 Å². The van der Waals surface area contributed by atoms with Crippen LogP contribution in [-0.4, -0.2) is 53.7 Å². The van der Waals surface area contributed by atoms with E-state index in [1.165, 1.54) is 4.90 Å². The number of amides is 2. The third-order valence-corrected chi connectivity index (χ3v) is 7.30. The van der Waals surface area contributed by atoms with Crippen LogP contribution in [0.3, 0.4) is 0 Å². The molecule has 2 atom stereocenters. The summed E-state index contributed by atoms with van der Waals surface area (Å²) in [7, 11) is 1.62. The summed E-state index contributed by atoms with van der Waals surface area (Å²) in [6, 6.07) is 18.5.